The van der Waals surface area contributed by atoms with Gasteiger partial charge in [0.2, 0.25) is 0 Å². The average molecular weight is 526 g/mol. The van der Waals surface area contributed by atoms with Gasteiger partial charge in [0.25, 0.3) is 5.91 Å². The van der Waals surface area contributed by atoms with E-state index in [0.717, 1.165) is 0 Å². The molecule has 0 aromatic heterocycles. The van der Waals surface area contributed by atoms with Gasteiger partial charge in [0.1, 0.15) is 35.3 Å². The van der Waals surface area contributed by atoms with Gasteiger partial charge in [-0.05, 0) is 66.4 Å². The van der Waals surface area contributed by atoms with E-state index >= 15 is 0 Å². The van der Waals surface area contributed by atoms with Gasteiger partial charge in [-0.1, -0.05) is 13.8 Å². The monoisotopic (exact) mass is 525 g/mol. The molecular weight excluding hydrogens is 496 g/mol. The molecule has 1 heterocycles. The van der Waals surface area contributed by atoms with Crippen molar-refractivity contribution in [2.24, 2.45) is 0 Å². The van der Waals surface area contributed by atoms with E-state index in [0.29, 0.717) is 33.9 Å². The van der Waals surface area contributed by atoms with Gasteiger partial charge in [0.05, 0.1) is 19.8 Å². The van der Waals surface area contributed by atoms with E-state index in [9.17, 15) is 23.5 Å². The number of anilines is 1. The largest absolute Gasteiger partial charge is 0.496 e. The Morgan fingerprint density at radius 1 is 1.00 bits per heavy atom. The SMILES string of the molecule is COc1ccc(F)cc1CC(O)(CC(C)(C)c1cc(F)ccc1OC)C(=O)Nc1ccc2c(c1)COC2=O. The fourth-order valence-corrected chi connectivity index (χ4v) is 4.92. The molecule has 0 saturated carbocycles. The number of benzene rings is 3. The van der Waals surface area contributed by atoms with Crippen LogP contribution in [0.25, 0.3) is 0 Å². The van der Waals surface area contributed by atoms with Crippen molar-refractivity contribution in [3.63, 3.8) is 0 Å². The highest BCUT2D eigenvalue weighted by atomic mass is 19.1. The van der Waals surface area contributed by atoms with Crippen LogP contribution in [-0.4, -0.2) is 36.8 Å². The van der Waals surface area contributed by atoms with Crippen LogP contribution in [0.5, 0.6) is 11.5 Å². The van der Waals surface area contributed by atoms with Crippen molar-refractivity contribution in [3.05, 3.63) is 88.5 Å². The quantitative estimate of drug-likeness (QED) is 0.385. The summed E-state index contributed by atoms with van der Waals surface area (Å²) in [7, 11) is 2.86. The number of nitrogens with one attached hydrogen (secondary N) is 1. The number of hydrogen-bond donors (Lipinski definition) is 2. The second-order valence-corrected chi connectivity index (χ2v) is 9.97. The summed E-state index contributed by atoms with van der Waals surface area (Å²) in [6.07, 6.45) is -0.481. The lowest BCUT2D eigenvalue weighted by molar-refractivity contribution is -0.136. The number of aliphatic hydroxyl groups is 1. The Morgan fingerprint density at radius 3 is 2.34 bits per heavy atom. The molecule has 0 spiro atoms. The molecule has 1 atom stereocenters. The molecule has 3 aromatic rings. The van der Waals surface area contributed by atoms with E-state index in [-0.39, 0.29) is 25.0 Å². The summed E-state index contributed by atoms with van der Waals surface area (Å²) >= 11 is 0. The first-order valence-electron chi connectivity index (χ1n) is 12.0. The number of cyclic esters (lactones) is 1. The number of carbonyl (C=O) groups excluding carboxylic acids is 2. The molecule has 1 aliphatic heterocycles. The highest BCUT2D eigenvalue weighted by Crippen LogP contribution is 2.40. The summed E-state index contributed by atoms with van der Waals surface area (Å²) in [5.41, 5.74) is -0.996. The molecule has 0 aliphatic carbocycles. The van der Waals surface area contributed by atoms with Crippen LogP contribution in [-0.2, 0) is 28.0 Å². The van der Waals surface area contributed by atoms with Crippen molar-refractivity contribution in [1.82, 2.24) is 0 Å². The Bertz CT molecular complexity index is 1390. The van der Waals surface area contributed by atoms with Crippen molar-refractivity contribution >= 4 is 17.6 Å². The number of ether oxygens (including phenoxy) is 3. The number of amides is 1. The standard InChI is InChI=1S/C29H29F2NO6/c1-28(2,23-13-20(31)6-10-25(23)37-4)16-29(35,14-17-11-19(30)5-9-24(17)36-3)27(34)32-21-7-8-22-18(12-21)15-38-26(22)33/h5-13,35H,14-16H2,1-4H3,(H,32,34). The number of esters is 1. The minimum atomic E-state index is -2.10. The molecule has 1 amide bonds. The molecule has 7 nitrogen and oxygen atoms in total. The number of carbonyl (C=O) groups is 2. The maximum absolute atomic E-state index is 14.2. The summed E-state index contributed by atoms with van der Waals surface area (Å²) in [5, 5.41) is 14.7. The molecule has 200 valence electrons. The highest BCUT2D eigenvalue weighted by Gasteiger charge is 2.43. The summed E-state index contributed by atoms with van der Waals surface area (Å²) in [5.74, 6) is -1.57. The Kier molecular flexibility index (Phi) is 7.42. The lowest BCUT2D eigenvalue weighted by Gasteiger charge is -2.36. The van der Waals surface area contributed by atoms with E-state index in [2.05, 4.69) is 5.32 Å². The molecule has 0 radical (unpaired) electrons. The average Bonchev–Trinajstić information content (AvgIpc) is 3.23. The predicted octanol–water partition coefficient (Wildman–Crippen LogP) is 4.93. The van der Waals surface area contributed by atoms with E-state index in [1.165, 1.54) is 62.8 Å². The van der Waals surface area contributed by atoms with Crippen LogP contribution in [0.4, 0.5) is 14.5 Å². The molecule has 1 aliphatic rings. The van der Waals surface area contributed by atoms with E-state index < -0.39 is 34.5 Å². The summed E-state index contributed by atoms with van der Waals surface area (Å²) in [6, 6.07) is 12.6. The van der Waals surface area contributed by atoms with Gasteiger partial charge in [0, 0.05) is 28.8 Å². The van der Waals surface area contributed by atoms with E-state index in [1.54, 1.807) is 19.9 Å². The van der Waals surface area contributed by atoms with E-state index in [4.69, 9.17) is 14.2 Å². The predicted molar refractivity (Wildman–Crippen MR) is 136 cm³/mol. The normalized spacial score (nSPS) is 14.3. The van der Waals surface area contributed by atoms with Crippen molar-refractivity contribution < 1.29 is 37.7 Å². The topological polar surface area (TPSA) is 94.1 Å². The summed E-state index contributed by atoms with van der Waals surface area (Å²) in [4.78, 5) is 25.5. The third-order valence-electron chi connectivity index (χ3n) is 6.71. The van der Waals surface area contributed by atoms with Gasteiger partial charge in [-0.3, -0.25) is 4.79 Å². The van der Waals surface area contributed by atoms with Crippen LogP contribution >= 0.6 is 0 Å². The van der Waals surface area contributed by atoms with Gasteiger partial charge < -0.3 is 24.6 Å². The Labute approximate surface area is 219 Å². The van der Waals surface area contributed by atoms with Crippen molar-refractivity contribution in [1.29, 1.82) is 0 Å². The van der Waals surface area contributed by atoms with Crippen LogP contribution in [0.15, 0.2) is 54.6 Å². The fraction of sp³-hybridized carbons (Fsp3) is 0.310. The van der Waals surface area contributed by atoms with Crippen LogP contribution in [0, 0.1) is 11.6 Å². The lowest BCUT2D eigenvalue weighted by Crippen LogP contribution is -2.49. The van der Waals surface area contributed by atoms with Crippen LogP contribution in [0.3, 0.4) is 0 Å². The van der Waals surface area contributed by atoms with Crippen LogP contribution in [0.1, 0.15) is 47.3 Å². The van der Waals surface area contributed by atoms with Gasteiger partial charge in [-0.25, -0.2) is 13.6 Å². The minimum Gasteiger partial charge on any atom is -0.496 e. The molecule has 0 bridgehead atoms. The Hall–Kier alpha value is -3.98. The fourth-order valence-electron chi connectivity index (χ4n) is 4.92. The molecule has 0 saturated heterocycles. The Morgan fingerprint density at radius 2 is 1.66 bits per heavy atom. The maximum Gasteiger partial charge on any atom is 0.338 e. The van der Waals surface area contributed by atoms with Crippen molar-refractivity contribution in [2.75, 3.05) is 19.5 Å². The molecule has 4 rings (SSSR count). The third-order valence-corrected chi connectivity index (χ3v) is 6.71. The first kappa shape index (κ1) is 27.1. The van der Waals surface area contributed by atoms with Gasteiger partial charge in [0.15, 0.2) is 0 Å². The minimum absolute atomic E-state index is 0.0784. The second-order valence-electron chi connectivity index (χ2n) is 9.97. The summed E-state index contributed by atoms with van der Waals surface area (Å²) in [6.45, 7) is 3.59. The smallest absolute Gasteiger partial charge is 0.338 e. The second kappa shape index (κ2) is 10.4. The van der Waals surface area contributed by atoms with Gasteiger partial charge in [-0.15, -0.1) is 0 Å². The number of hydrogen-bond acceptors (Lipinski definition) is 6. The van der Waals surface area contributed by atoms with E-state index in [1.807, 2.05) is 0 Å². The number of halogens is 2. The first-order valence-corrected chi connectivity index (χ1v) is 12.0. The molecule has 38 heavy (non-hydrogen) atoms. The Balaban J connectivity index is 1.73. The number of rotatable bonds is 9. The molecule has 0 fully saturated rings. The number of methoxy groups -OCH3 is 2. The molecule has 2 N–H and O–H groups in total. The summed E-state index contributed by atoms with van der Waals surface area (Å²) < 4.78 is 44.2. The third kappa shape index (κ3) is 5.47. The molecule has 1 unspecified atom stereocenters. The van der Waals surface area contributed by atoms with Gasteiger partial charge >= 0.3 is 5.97 Å². The molecule has 9 heteroatoms. The zero-order valence-corrected chi connectivity index (χ0v) is 21.6. The zero-order chi connectivity index (χ0) is 27.7. The number of fused-ring (bicyclic) bond motifs is 1. The molecular formula is C29H29F2NO6. The lowest BCUT2D eigenvalue weighted by atomic mass is 9.72. The van der Waals surface area contributed by atoms with Crippen LogP contribution in [0.2, 0.25) is 0 Å². The van der Waals surface area contributed by atoms with Gasteiger partial charge in [-0.2, -0.15) is 0 Å². The van der Waals surface area contributed by atoms with Crippen LogP contribution < -0.4 is 14.8 Å². The van der Waals surface area contributed by atoms with Crippen molar-refractivity contribution in [2.45, 2.75) is 44.3 Å². The first-order chi connectivity index (χ1) is 18.0. The zero-order valence-electron chi connectivity index (χ0n) is 21.6. The maximum atomic E-state index is 14.2. The molecule has 3 aromatic carbocycles. The van der Waals surface area contributed by atoms with Crippen molar-refractivity contribution in [3.8, 4) is 11.5 Å². The highest BCUT2D eigenvalue weighted by molar-refractivity contribution is 5.99.